The number of primary amides is 1. The van der Waals surface area contributed by atoms with Gasteiger partial charge in [0.15, 0.2) is 0 Å². The van der Waals surface area contributed by atoms with Crippen molar-refractivity contribution < 1.29 is 9.59 Å². The van der Waals surface area contributed by atoms with E-state index in [1.165, 1.54) is 6.42 Å². The third-order valence-electron chi connectivity index (χ3n) is 2.41. The van der Waals surface area contributed by atoms with Crippen molar-refractivity contribution in [2.24, 2.45) is 11.7 Å². The first-order chi connectivity index (χ1) is 6.20. The normalized spacial score (nSPS) is 18.2. The Balaban J connectivity index is 2.25. The van der Waals surface area contributed by atoms with Crippen LogP contribution in [0, 0.1) is 5.92 Å². The van der Waals surface area contributed by atoms with Crippen LogP contribution in [-0.2, 0) is 9.59 Å². The zero-order chi connectivity index (χ0) is 9.68. The van der Waals surface area contributed by atoms with E-state index < -0.39 is 5.91 Å². The molecule has 2 amide bonds. The zero-order valence-electron chi connectivity index (χ0n) is 7.71. The van der Waals surface area contributed by atoms with E-state index in [0.29, 0.717) is 0 Å². The summed E-state index contributed by atoms with van der Waals surface area (Å²) in [6.07, 6.45) is 5.36. The molecule has 0 saturated heterocycles. The second kappa shape index (κ2) is 4.84. The van der Waals surface area contributed by atoms with Gasteiger partial charge in [-0.2, -0.15) is 0 Å². The first-order valence-electron chi connectivity index (χ1n) is 4.76. The average molecular weight is 184 g/mol. The summed E-state index contributed by atoms with van der Waals surface area (Å²) in [5, 5.41) is 2.54. The third kappa shape index (κ3) is 3.44. The molecule has 0 unspecified atom stereocenters. The molecule has 1 aliphatic carbocycles. The van der Waals surface area contributed by atoms with Gasteiger partial charge in [0.2, 0.25) is 11.8 Å². The van der Waals surface area contributed by atoms with E-state index in [4.69, 9.17) is 5.73 Å². The SMILES string of the molecule is NC(=O)CNC(=O)C1CCCCC1. The molecule has 4 heteroatoms. The van der Waals surface area contributed by atoms with Gasteiger partial charge in [-0.25, -0.2) is 0 Å². The minimum Gasteiger partial charge on any atom is -0.368 e. The molecule has 0 heterocycles. The quantitative estimate of drug-likeness (QED) is 0.656. The van der Waals surface area contributed by atoms with Crippen molar-refractivity contribution in [3.63, 3.8) is 0 Å². The fourth-order valence-corrected chi connectivity index (χ4v) is 1.68. The summed E-state index contributed by atoms with van der Waals surface area (Å²) in [5.41, 5.74) is 4.92. The number of nitrogens with two attached hydrogens (primary N) is 1. The maximum atomic E-state index is 11.4. The van der Waals surface area contributed by atoms with Crippen molar-refractivity contribution in [2.45, 2.75) is 32.1 Å². The summed E-state index contributed by atoms with van der Waals surface area (Å²) < 4.78 is 0. The molecule has 0 aromatic rings. The molecule has 1 fully saturated rings. The Morgan fingerprint density at radius 3 is 2.38 bits per heavy atom. The highest BCUT2D eigenvalue weighted by atomic mass is 16.2. The monoisotopic (exact) mass is 184 g/mol. The Morgan fingerprint density at radius 2 is 1.85 bits per heavy atom. The van der Waals surface area contributed by atoms with Crippen LogP contribution >= 0.6 is 0 Å². The van der Waals surface area contributed by atoms with E-state index in [2.05, 4.69) is 5.32 Å². The van der Waals surface area contributed by atoms with Gasteiger partial charge >= 0.3 is 0 Å². The third-order valence-corrected chi connectivity index (χ3v) is 2.41. The molecule has 1 rings (SSSR count). The van der Waals surface area contributed by atoms with Crippen LogP contribution in [0.5, 0.6) is 0 Å². The van der Waals surface area contributed by atoms with Gasteiger partial charge in [0.05, 0.1) is 6.54 Å². The van der Waals surface area contributed by atoms with Crippen molar-refractivity contribution in [1.29, 1.82) is 0 Å². The first-order valence-corrected chi connectivity index (χ1v) is 4.76. The lowest BCUT2D eigenvalue weighted by Crippen LogP contribution is -2.37. The number of rotatable bonds is 3. The van der Waals surface area contributed by atoms with E-state index in [-0.39, 0.29) is 18.4 Å². The van der Waals surface area contributed by atoms with Crippen LogP contribution in [0.1, 0.15) is 32.1 Å². The molecule has 0 spiro atoms. The Labute approximate surface area is 77.9 Å². The van der Waals surface area contributed by atoms with Crippen LogP contribution in [0.3, 0.4) is 0 Å². The predicted octanol–water partition coefficient (Wildman–Crippen LogP) is 0.168. The molecule has 1 saturated carbocycles. The summed E-state index contributed by atoms with van der Waals surface area (Å²) in [6.45, 7) is -0.0324. The lowest BCUT2D eigenvalue weighted by molar-refractivity contribution is -0.128. The fraction of sp³-hybridized carbons (Fsp3) is 0.778. The van der Waals surface area contributed by atoms with Crippen LogP contribution < -0.4 is 11.1 Å². The highest BCUT2D eigenvalue weighted by molar-refractivity contribution is 5.84. The Kier molecular flexibility index (Phi) is 3.73. The number of nitrogens with one attached hydrogen (secondary N) is 1. The van der Waals surface area contributed by atoms with Crippen LogP contribution in [0.4, 0.5) is 0 Å². The van der Waals surface area contributed by atoms with E-state index in [0.717, 1.165) is 25.7 Å². The Morgan fingerprint density at radius 1 is 1.23 bits per heavy atom. The number of hydrogen-bond donors (Lipinski definition) is 2. The second-order valence-electron chi connectivity index (χ2n) is 3.52. The van der Waals surface area contributed by atoms with E-state index in [1.54, 1.807) is 0 Å². The second-order valence-corrected chi connectivity index (χ2v) is 3.52. The maximum Gasteiger partial charge on any atom is 0.236 e. The van der Waals surface area contributed by atoms with Crippen molar-refractivity contribution in [3.8, 4) is 0 Å². The standard InChI is InChI=1S/C9H16N2O2/c10-8(12)6-11-9(13)7-4-2-1-3-5-7/h7H,1-6H2,(H2,10,12)(H,11,13). The van der Waals surface area contributed by atoms with Crippen molar-refractivity contribution in [3.05, 3.63) is 0 Å². The van der Waals surface area contributed by atoms with Crippen molar-refractivity contribution in [1.82, 2.24) is 5.32 Å². The van der Waals surface area contributed by atoms with E-state index in [1.807, 2.05) is 0 Å². The average Bonchev–Trinajstić information content (AvgIpc) is 2.15. The van der Waals surface area contributed by atoms with Gasteiger partial charge in [-0.1, -0.05) is 19.3 Å². The van der Waals surface area contributed by atoms with Crippen molar-refractivity contribution >= 4 is 11.8 Å². The van der Waals surface area contributed by atoms with Gasteiger partial charge in [-0.05, 0) is 12.8 Å². The van der Waals surface area contributed by atoms with Gasteiger partial charge in [0, 0.05) is 5.92 Å². The highest BCUT2D eigenvalue weighted by Crippen LogP contribution is 2.23. The number of amides is 2. The molecular weight excluding hydrogens is 168 g/mol. The summed E-state index contributed by atoms with van der Waals surface area (Å²) in [5.74, 6) is -0.393. The zero-order valence-corrected chi connectivity index (χ0v) is 7.71. The van der Waals surface area contributed by atoms with Crippen LogP contribution in [0.15, 0.2) is 0 Å². The van der Waals surface area contributed by atoms with E-state index >= 15 is 0 Å². The minimum atomic E-state index is -0.482. The first kappa shape index (κ1) is 10.0. The number of hydrogen-bond acceptors (Lipinski definition) is 2. The summed E-state index contributed by atoms with van der Waals surface area (Å²) in [4.78, 5) is 21.8. The number of carbonyl (C=O) groups excluding carboxylic acids is 2. The molecule has 1 aliphatic rings. The maximum absolute atomic E-state index is 11.4. The largest absolute Gasteiger partial charge is 0.368 e. The molecule has 3 N–H and O–H groups in total. The highest BCUT2D eigenvalue weighted by Gasteiger charge is 2.20. The van der Waals surface area contributed by atoms with Crippen LogP contribution in [0.25, 0.3) is 0 Å². The molecule has 0 aromatic carbocycles. The van der Waals surface area contributed by atoms with Gasteiger partial charge in [0.1, 0.15) is 0 Å². The molecule has 0 bridgehead atoms. The fourth-order valence-electron chi connectivity index (χ4n) is 1.68. The number of carbonyl (C=O) groups is 2. The van der Waals surface area contributed by atoms with Gasteiger partial charge < -0.3 is 11.1 Å². The predicted molar refractivity (Wildman–Crippen MR) is 48.8 cm³/mol. The van der Waals surface area contributed by atoms with E-state index in [9.17, 15) is 9.59 Å². The molecule has 0 aliphatic heterocycles. The topological polar surface area (TPSA) is 72.2 Å². The summed E-state index contributed by atoms with van der Waals surface area (Å²) in [6, 6.07) is 0. The van der Waals surface area contributed by atoms with Crippen LogP contribution in [0.2, 0.25) is 0 Å². The van der Waals surface area contributed by atoms with Gasteiger partial charge in [0.25, 0.3) is 0 Å². The lowest BCUT2D eigenvalue weighted by Gasteiger charge is -2.20. The minimum absolute atomic E-state index is 0.0153. The van der Waals surface area contributed by atoms with Crippen molar-refractivity contribution in [2.75, 3.05) is 6.54 Å². The summed E-state index contributed by atoms with van der Waals surface area (Å²) >= 11 is 0. The smallest absolute Gasteiger partial charge is 0.236 e. The molecule has 74 valence electrons. The Hall–Kier alpha value is -1.06. The Bertz CT molecular complexity index is 198. The molecule has 0 radical (unpaired) electrons. The molecule has 0 atom stereocenters. The van der Waals surface area contributed by atoms with Gasteiger partial charge in [-0.15, -0.1) is 0 Å². The molecular formula is C9H16N2O2. The van der Waals surface area contributed by atoms with Gasteiger partial charge in [-0.3, -0.25) is 9.59 Å². The molecule has 4 nitrogen and oxygen atoms in total. The summed E-state index contributed by atoms with van der Waals surface area (Å²) in [7, 11) is 0. The molecule has 13 heavy (non-hydrogen) atoms. The van der Waals surface area contributed by atoms with Crippen LogP contribution in [-0.4, -0.2) is 18.4 Å². The molecule has 0 aromatic heterocycles. The lowest BCUT2D eigenvalue weighted by atomic mass is 9.89.